The van der Waals surface area contributed by atoms with E-state index in [1.807, 2.05) is 42.5 Å². The van der Waals surface area contributed by atoms with Crippen molar-refractivity contribution in [2.24, 2.45) is 0 Å². The Morgan fingerprint density at radius 3 is 2.35 bits per heavy atom. The van der Waals surface area contributed by atoms with Gasteiger partial charge in [-0.25, -0.2) is 4.79 Å². The Hall–Kier alpha value is -3.72. The maximum atomic E-state index is 13.0. The topological polar surface area (TPSA) is 103 Å². The monoisotopic (exact) mass is 541 g/mol. The summed E-state index contributed by atoms with van der Waals surface area (Å²) in [5, 5.41) is 15.1. The fourth-order valence-corrected chi connectivity index (χ4v) is 6.17. The molecule has 208 valence electrons. The molecule has 3 fully saturated rings. The number of carbonyl (C=O) groups excluding carboxylic acids is 2. The van der Waals surface area contributed by atoms with E-state index in [1.165, 1.54) is 0 Å². The van der Waals surface area contributed by atoms with Crippen LogP contribution in [-0.2, 0) is 27.3 Å². The lowest BCUT2D eigenvalue weighted by molar-refractivity contribution is -0.116. The minimum absolute atomic E-state index is 0.0234. The van der Waals surface area contributed by atoms with E-state index in [2.05, 4.69) is 28.6 Å². The third-order valence-electron chi connectivity index (χ3n) is 8.34. The van der Waals surface area contributed by atoms with Gasteiger partial charge in [-0.15, -0.1) is 0 Å². The summed E-state index contributed by atoms with van der Waals surface area (Å²) in [6, 6.07) is 23.8. The number of nitrogens with one attached hydrogen (secondary N) is 2. The zero-order chi connectivity index (χ0) is 27.6. The van der Waals surface area contributed by atoms with Gasteiger partial charge in [0.05, 0.1) is 12.3 Å². The van der Waals surface area contributed by atoms with Gasteiger partial charge in [0.15, 0.2) is 0 Å². The summed E-state index contributed by atoms with van der Waals surface area (Å²) in [7, 11) is 2.14. The standard InChI is InChI=1S/C32H35N3O5/c1-35-27-17-24(18-28(35)31-30(27)40-31)39-32(38)34-26-15-12-20(16-25(26)22-7-3-2-4-8-22)6-5-9-29(37)33-23-13-10-21(19-36)11-14-23/h2-4,7-8,10-16,24,27-28,30-31,36H,5-6,9,17-19H2,1H3,(H,33,37)(H,34,38). The highest BCUT2D eigenvalue weighted by Gasteiger charge is 2.62. The zero-order valence-electron chi connectivity index (χ0n) is 22.6. The number of epoxide rings is 1. The first kappa shape index (κ1) is 26.5. The Morgan fingerprint density at radius 1 is 0.950 bits per heavy atom. The molecule has 40 heavy (non-hydrogen) atoms. The van der Waals surface area contributed by atoms with E-state index in [1.54, 1.807) is 24.3 Å². The van der Waals surface area contributed by atoms with Crippen LogP contribution in [0.4, 0.5) is 16.2 Å². The molecular formula is C32H35N3O5. The van der Waals surface area contributed by atoms with Crippen LogP contribution < -0.4 is 10.6 Å². The molecule has 3 aliphatic heterocycles. The molecule has 3 saturated heterocycles. The molecule has 2 bridgehead atoms. The number of piperidine rings is 1. The summed E-state index contributed by atoms with van der Waals surface area (Å²) in [6.45, 7) is -0.0234. The normalized spacial score (nSPS) is 24.7. The number of benzene rings is 3. The second-order valence-electron chi connectivity index (χ2n) is 11.0. The Balaban J connectivity index is 1.07. The lowest BCUT2D eigenvalue weighted by atomic mass is 9.98. The average molecular weight is 542 g/mol. The van der Waals surface area contributed by atoms with E-state index >= 15 is 0 Å². The third kappa shape index (κ3) is 5.75. The van der Waals surface area contributed by atoms with Gasteiger partial charge < -0.3 is 19.9 Å². The fraction of sp³-hybridized carbons (Fsp3) is 0.375. The predicted molar refractivity (Wildman–Crippen MR) is 153 cm³/mol. The fourth-order valence-electron chi connectivity index (χ4n) is 6.17. The molecular weight excluding hydrogens is 506 g/mol. The highest BCUT2D eigenvalue weighted by atomic mass is 16.6. The number of nitrogens with zero attached hydrogens (tertiary/aromatic N) is 1. The van der Waals surface area contributed by atoms with Crippen LogP contribution in [0.15, 0.2) is 72.8 Å². The van der Waals surface area contributed by atoms with Crippen LogP contribution in [0.3, 0.4) is 0 Å². The molecule has 3 aromatic carbocycles. The van der Waals surface area contributed by atoms with Gasteiger partial charge in [0.2, 0.25) is 5.91 Å². The summed E-state index contributed by atoms with van der Waals surface area (Å²) in [6.07, 6.45) is 3.46. The van der Waals surface area contributed by atoms with Crippen molar-refractivity contribution in [3.8, 4) is 11.1 Å². The van der Waals surface area contributed by atoms with Crippen molar-refractivity contribution in [2.45, 2.75) is 69.1 Å². The van der Waals surface area contributed by atoms with Gasteiger partial charge in [-0.2, -0.15) is 0 Å². The van der Waals surface area contributed by atoms with Gasteiger partial charge in [0.25, 0.3) is 0 Å². The summed E-state index contributed by atoms with van der Waals surface area (Å²) >= 11 is 0. The maximum Gasteiger partial charge on any atom is 0.411 e. The van der Waals surface area contributed by atoms with Crippen LogP contribution in [0, 0.1) is 0 Å². The summed E-state index contributed by atoms with van der Waals surface area (Å²) in [5.41, 5.74) is 5.22. The van der Waals surface area contributed by atoms with E-state index in [4.69, 9.17) is 9.47 Å². The zero-order valence-corrected chi connectivity index (χ0v) is 22.6. The van der Waals surface area contributed by atoms with Crippen molar-refractivity contribution in [1.29, 1.82) is 0 Å². The highest BCUT2D eigenvalue weighted by Crippen LogP contribution is 2.48. The number of hydrogen-bond donors (Lipinski definition) is 3. The molecule has 3 heterocycles. The smallest absolute Gasteiger partial charge is 0.411 e. The molecule has 3 aliphatic rings. The van der Waals surface area contributed by atoms with Crippen LogP contribution in [0.5, 0.6) is 0 Å². The van der Waals surface area contributed by atoms with Gasteiger partial charge in [-0.3, -0.25) is 15.0 Å². The molecule has 4 atom stereocenters. The lowest BCUT2D eigenvalue weighted by Gasteiger charge is -2.37. The SMILES string of the molecule is CN1C2CC(OC(=O)Nc3ccc(CCCC(=O)Nc4ccc(CO)cc4)cc3-c3ccccc3)CC1C1OC12. The first-order valence-electron chi connectivity index (χ1n) is 14.0. The quantitative estimate of drug-likeness (QED) is 0.331. The Bertz CT molecular complexity index is 1340. The molecule has 6 rings (SSSR count). The van der Waals surface area contributed by atoms with E-state index in [0.29, 0.717) is 48.5 Å². The summed E-state index contributed by atoms with van der Waals surface area (Å²) in [5.74, 6) is -0.0488. The van der Waals surface area contributed by atoms with Crippen molar-refractivity contribution < 1.29 is 24.2 Å². The number of anilines is 2. The number of fused-ring (bicyclic) bond motifs is 5. The first-order valence-corrected chi connectivity index (χ1v) is 14.0. The number of aliphatic hydroxyl groups excluding tert-OH is 1. The molecule has 0 saturated carbocycles. The van der Waals surface area contributed by atoms with E-state index in [-0.39, 0.29) is 18.6 Å². The van der Waals surface area contributed by atoms with E-state index < -0.39 is 6.09 Å². The second-order valence-corrected chi connectivity index (χ2v) is 11.0. The number of rotatable bonds is 9. The molecule has 2 amide bonds. The minimum atomic E-state index is -0.433. The molecule has 8 heteroatoms. The average Bonchev–Trinajstić information content (AvgIpc) is 3.73. The van der Waals surface area contributed by atoms with E-state index in [9.17, 15) is 14.7 Å². The molecule has 0 aromatic heterocycles. The highest BCUT2D eigenvalue weighted by molar-refractivity contribution is 5.92. The number of aryl methyl sites for hydroxylation is 1. The second kappa shape index (κ2) is 11.4. The molecule has 0 aliphatic carbocycles. The third-order valence-corrected chi connectivity index (χ3v) is 8.34. The van der Waals surface area contributed by atoms with Crippen LogP contribution in [0.25, 0.3) is 11.1 Å². The minimum Gasteiger partial charge on any atom is -0.446 e. The Kier molecular flexibility index (Phi) is 7.56. The number of amides is 2. The Morgan fingerprint density at radius 2 is 1.65 bits per heavy atom. The molecule has 3 aromatic rings. The van der Waals surface area contributed by atoms with Crippen molar-refractivity contribution in [1.82, 2.24) is 4.90 Å². The number of likely N-dealkylation sites (N-methyl/N-ethyl adjacent to an activating group) is 1. The van der Waals surface area contributed by atoms with Crippen LogP contribution in [-0.4, -0.2) is 59.5 Å². The van der Waals surface area contributed by atoms with E-state index in [0.717, 1.165) is 41.5 Å². The van der Waals surface area contributed by atoms with Crippen molar-refractivity contribution in [2.75, 3.05) is 17.7 Å². The number of morpholine rings is 1. The number of aliphatic hydroxyl groups is 1. The predicted octanol–water partition coefficient (Wildman–Crippen LogP) is 4.97. The van der Waals surface area contributed by atoms with Gasteiger partial charge in [0.1, 0.15) is 18.3 Å². The Labute approximate surface area is 234 Å². The van der Waals surface area contributed by atoms with Crippen LogP contribution >= 0.6 is 0 Å². The first-order chi connectivity index (χ1) is 19.5. The van der Waals surface area contributed by atoms with Crippen LogP contribution in [0.2, 0.25) is 0 Å². The molecule has 4 unspecified atom stereocenters. The van der Waals surface area contributed by atoms with Crippen molar-refractivity contribution in [3.05, 3.63) is 83.9 Å². The maximum absolute atomic E-state index is 13.0. The van der Waals surface area contributed by atoms with Crippen molar-refractivity contribution >= 4 is 23.4 Å². The molecule has 8 nitrogen and oxygen atoms in total. The van der Waals surface area contributed by atoms with Gasteiger partial charge in [-0.05, 0) is 60.8 Å². The van der Waals surface area contributed by atoms with Crippen molar-refractivity contribution in [3.63, 3.8) is 0 Å². The largest absolute Gasteiger partial charge is 0.446 e. The summed E-state index contributed by atoms with van der Waals surface area (Å²) < 4.78 is 11.6. The van der Waals surface area contributed by atoms with Crippen LogP contribution in [0.1, 0.15) is 36.8 Å². The van der Waals surface area contributed by atoms with Gasteiger partial charge in [-0.1, -0.05) is 48.5 Å². The number of ether oxygens (including phenoxy) is 2. The molecule has 3 N–H and O–H groups in total. The lowest BCUT2D eigenvalue weighted by Crippen LogP contribution is -2.48. The van der Waals surface area contributed by atoms with Gasteiger partial charge in [0, 0.05) is 42.6 Å². The van der Waals surface area contributed by atoms with Gasteiger partial charge >= 0.3 is 6.09 Å². The number of carbonyl (C=O) groups is 2. The molecule has 0 spiro atoms. The number of hydrogen-bond acceptors (Lipinski definition) is 6. The summed E-state index contributed by atoms with van der Waals surface area (Å²) in [4.78, 5) is 27.8. The molecule has 0 radical (unpaired) electrons.